The zero-order chi connectivity index (χ0) is 17.8. The molecular formula is C17H23N5O3. The fourth-order valence-corrected chi connectivity index (χ4v) is 2.90. The number of amides is 1. The van der Waals surface area contributed by atoms with Crippen LogP contribution in [0.15, 0.2) is 22.9 Å². The molecule has 1 N–H and O–H groups in total. The molecule has 1 aliphatic heterocycles. The molecule has 1 fully saturated rings. The highest BCUT2D eigenvalue weighted by atomic mass is 16.5. The van der Waals surface area contributed by atoms with Crippen LogP contribution in [0.3, 0.4) is 0 Å². The van der Waals surface area contributed by atoms with Crippen molar-refractivity contribution >= 4 is 11.7 Å². The topological polar surface area (TPSA) is 93.4 Å². The molecule has 2 atom stereocenters. The van der Waals surface area contributed by atoms with E-state index in [4.69, 9.17) is 9.26 Å². The lowest BCUT2D eigenvalue weighted by molar-refractivity contribution is -0.00546. The number of carbonyl (C=O) groups excluding carboxylic acids is 1. The Bertz CT molecular complexity index is 705. The Kier molecular flexibility index (Phi) is 5.28. The van der Waals surface area contributed by atoms with E-state index >= 15 is 0 Å². The third-order valence-electron chi connectivity index (χ3n) is 3.95. The molecule has 2 unspecified atom stereocenters. The molecule has 1 saturated heterocycles. The Morgan fingerprint density at radius 2 is 2.08 bits per heavy atom. The van der Waals surface area contributed by atoms with Crippen molar-refractivity contribution in [3.05, 3.63) is 35.6 Å². The number of carbonyl (C=O) groups is 1. The minimum Gasteiger partial charge on any atom is -0.372 e. The van der Waals surface area contributed by atoms with Crippen LogP contribution in [0.4, 0.5) is 5.82 Å². The highest BCUT2D eigenvalue weighted by molar-refractivity contribution is 5.94. The van der Waals surface area contributed by atoms with Gasteiger partial charge in [0.25, 0.3) is 5.91 Å². The zero-order valence-corrected chi connectivity index (χ0v) is 14.7. The first-order valence-electron chi connectivity index (χ1n) is 8.45. The summed E-state index contributed by atoms with van der Waals surface area (Å²) in [5, 5.41) is 6.54. The second-order valence-corrected chi connectivity index (χ2v) is 6.31. The fourth-order valence-electron chi connectivity index (χ4n) is 2.90. The number of aryl methyl sites for hydroxylation is 1. The molecule has 2 aromatic heterocycles. The summed E-state index contributed by atoms with van der Waals surface area (Å²) in [7, 11) is 0. The summed E-state index contributed by atoms with van der Waals surface area (Å²) in [5.41, 5.74) is 0.528. The van der Waals surface area contributed by atoms with Crippen LogP contribution in [0.25, 0.3) is 0 Å². The Hall–Kier alpha value is -2.48. The minimum absolute atomic E-state index is 0.168. The van der Waals surface area contributed by atoms with Crippen LogP contribution >= 0.6 is 0 Å². The van der Waals surface area contributed by atoms with E-state index in [1.54, 1.807) is 19.2 Å². The third kappa shape index (κ3) is 4.54. The molecule has 0 aliphatic carbocycles. The minimum atomic E-state index is -0.168. The standard InChI is InChI=1S/C17H23N5O3/c1-11-9-22(10-12(2)24-11)15-5-4-14(8-19-15)17(23)18-7-6-16-20-13(3)21-25-16/h4-5,8,11-12H,6-7,9-10H2,1-3H3,(H,18,23). The predicted molar refractivity (Wildman–Crippen MR) is 91.5 cm³/mol. The molecule has 2 aromatic rings. The van der Waals surface area contributed by atoms with Crippen molar-refractivity contribution in [2.45, 2.75) is 39.4 Å². The van der Waals surface area contributed by atoms with Gasteiger partial charge in [0, 0.05) is 32.3 Å². The number of nitrogens with one attached hydrogen (secondary N) is 1. The monoisotopic (exact) mass is 345 g/mol. The molecule has 0 radical (unpaired) electrons. The molecule has 8 nitrogen and oxygen atoms in total. The Labute approximate surface area is 146 Å². The van der Waals surface area contributed by atoms with Crippen molar-refractivity contribution in [1.82, 2.24) is 20.4 Å². The largest absolute Gasteiger partial charge is 0.372 e. The van der Waals surface area contributed by atoms with Gasteiger partial charge in [0.2, 0.25) is 5.89 Å². The number of hydrogen-bond donors (Lipinski definition) is 1. The lowest BCUT2D eigenvalue weighted by Crippen LogP contribution is -2.45. The number of anilines is 1. The van der Waals surface area contributed by atoms with Crippen molar-refractivity contribution in [3.8, 4) is 0 Å². The second-order valence-electron chi connectivity index (χ2n) is 6.31. The molecule has 0 spiro atoms. The van der Waals surface area contributed by atoms with Crippen LogP contribution in [-0.4, -0.2) is 52.9 Å². The van der Waals surface area contributed by atoms with Gasteiger partial charge < -0.3 is 19.5 Å². The predicted octanol–water partition coefficient (Wildman–Crippen LogP) is 1.36. The Morgan fingerprint density at radius 1 is 1.32 bits per heavy atom. The van der Waals surface area contributed by atoms with E-state index in [2.05, 4.69) is 39.2 Å². The molecule has 1 aliphatic rings. The molecular weight excluding hydrogens is 322 g/mol. The highest BCUT2D eigenvalue weighted by Crippen LogP contribution is 2.18. The van der Waals surface area contributed by atoms with Gasteiger partial charge in [-0.2, -0.15) is 4.98 Å². The van der Waals surface area contributed by atoms with Gasteiger partial charge in [-0.05, 0) is 32.9 Å². The molecule has 134 valence electrons. The highest BCUT2D eigenvalue weighted by Gasteiger charge is 2.23. The average molecular weight is 345 g/mol. The SMILES string of the molecule is Cc1noc(CCNC(=O)c2ccc(N3CC(C)OC(C)C3)nc2)n1. The number of morpholine rings is 1. The lowest BCUT2D eigenvalue weighted by Gasteiger charge is -2.36. The van der Waals surface area contributed by atoms with Crippen molar-refractivity contribution in [2.75, 3.05) is 24.5 Å². The maximum absolute atomic E-state index is 12.2. The van der Waals surface area contributed by atoms with E-state index < -0.39 is 0 Å². The normalized spacial score (nSPS) is 20.5. The summed E-state index contributed by atoms with van der Waals surface area (Å²) >= 11 is 0. The summed E-state index contributed by atoms with van der Waals surface area (Å²) in [5.74, 6) is 1.80. The lowest BCUT2D eigenvalue weighted by atomic mass is 10.2. The molecule has 8 heteroatoms. The first kappa shape index (κ1) is 17.3. The van der Waals surface area contributed by atoms with Gasteiger partial charge in [0.1, 0.15) is 5.82 Å². The van der Waals surface area contributed by atoms with Crippen LogP contribution in [0.2, 0.25) is 0 Å². The smallest absolute Gasteiger partial charge is 0.252 e. The van der Waals surface area contributed by atoms with Crippen LogP contribution < -0.4 is 10.2 Å². The van der Waals surface area contributed by atoms with Crippen molar-refractivity contribution in [1.29, 1.82) is 0 Å². The van der Waals surface area contributed by atoms with E-state index in [9.17, 15) is 4.79 Å². The summed E-state index contributed by atoms with van der Waals surface area (Å²) in [6, 6.07) is 3.67. The molecule has 1 amide bonds. The molecule has 0 bridgehead atoms. The molecule has 0 saturated carbocycles. The van der Waals surface area contributed by atoms with Gasteiger partial charge in [0.15, 0.2) is 5.82 Å². The van der Waals surface area contributed by atoms with Crippen LogP contribution in [0.1, 0.15) is 35.9 Å². The number of pyridine rings is 1. The number of hydrogen-bond acceptors (Lipinski definition) is 7. The van der Waals surface area contributed by atoms with Gasteiger partial charge in [0.05, 0.1) is 17.8 Å². The Morgan fingerprint density at radius 3 is 2.68 bits per heavy atom. The van der Waals surface area contributed by atoms with Gasteiger partial charge >= 0.3 is 0 Å². The van der Waals surface area contributed by atoms with Crippen molar-refractivity contribution in [3.63, 3.8) is 0 Å². The van der Waals surface area contributed by atoms with E-state index in [1.807, 2.05) is 6.07 Å². The van der Waals surface area contributed by atoms with E-state index in [-0.39, 0.29) is 18.1 Å². The maximum atomic E-state index is 12.2. The summed E-state index contributed by atoms with van der Waals surface area (Å²) in [4.78, 5) is 22.9. The molecule has 3 heterocycles. The van der Waals surface area contributed by atoms with Gasteiger partial charge in [-0.3, -0.25) is 4.79 Å². The van der Waals surface area contributed by atoms with E-state index in [1.165, 1.54) is 0 Å². The van der Waals surface area contributed by atoms with E-state index in [0.717, 1.165) is 18.9 Å². The third-order valence-corrected chi connectivity index (χ3v) is 3.95. The van der Waals surface area contributed by atoms with Crippen molar-refractivity contribution < 1.29 is 14.1 Å². The van der Waals surface area contributed by atoms with Gasteiger partial charge in [-0.15, -0.1) is 0 Å². The molecule has 25 heavy (non-hydrogen) atoms. The number of nitrogens with zero attached hydrogens (tertiary/aromatic N) is 4. The van der Waals surface area contributed by atoms with Gasteiger partial charge in [-0.25, -0.2) is 4.98 Å². The number of ether oxygens (including phenoxy) is 1. The second kappa shape index (κ2) is 7.60. The van der Waals surface area contributed by atoms with Gasteiger partial charge in [-0.1, -0.05) is 5.16 Å². The summed E-state index contributed by atoms with van der Waals surface area (Å²) < 4.78 is 10.7. The zero-order valence-electron chi connectivity index (χ0n) is 14.7. The summed E-state index contributed by atoms with van der Waals surface area (Å²) in [6.07, 6.45) is 2.44. The molecule has 0 aromatic carbocycles. The fraction of sp³-hybridized carbons (Fsp3) is 0.529. The maximum Gasteiger partial charge on any atom is 0.252 e. The first-order chi connectivity index (χ1) is 12.0. The van der Waals surface area contributed by atoms with Crippen LogP contribution in [0.5, 0.6) is 0 Å². The first-order valence-corrected chi connectivity index (χ1v) is 8.45. The van der Waals surface area contributed by atoms with Crippen LogP contribution in [-0.2, 0) is 11.2 Å². The molecule has 3 rings (SSSR count). The Balaban J connectivity index is 1.53. The van der Waals surface area contributed by atoms with Crippen molar-refractivity contribution in [2.24, 2.45) is 0 Å². The number of rotatable bonds is 5. The summed E-state index contributed by atoms with van der Waals surface area (Å²) in [6.45, 7) is 7.89. The number of aromatic nitrogens is 3. The van der Waals surface area contributed by atoms with E-state index in [0.29, 0.717) is 30.2 Å². The van der Waals surface area contributed by atoms with Crippen LogP contribution in [0, 0.1) is 6.92 Å². The average Bonchev–Trinajstić information content (AvgIpc) is 2.99. The quantitative estimate of drug-likeness (QED) is 0.874.